The second kappa shape index (κ2) is 5.14. The minimum atomic E-state index is -0.219. The predicted octanol–water partition coefficient (Wildman–Crippen LogP) is 3.83. The van der Waals surface area contributed by atoms with Crippen LogP contribution in [0.3, 0.4) is 0 Å². The van der Waals surface area contributed by atoms with Gasteiger partial charge in [0, 0.05) is 11.6 Å². The molecule has 1 aromatic heterocycles. The summed E-state index contributed by atoms with van der Waals surface area (Å²) in [6, 6.07) is 11.3. The number of halogens is 1. The van der Waals surface area contributed by atoms with Crippen LogP contribution in [0.5, 0.6) is 11.5 Å². The smallest absolute Gasteiger partial charge is 0.193 e. The van der Waals surface area contributed by atoms with Crippen molar-refractivity contribution in [2.45, 2.75) is 0 Å². The van der Waals surface area contributed by atoms with Gasteiger partial charge in [-0.1, -0.05) is 11.6 Å². The van der Waals surface area contributed by atoms with E-state index in [0.717, 1.165) is 0 Å². The van der Waals surface area contributed by atoms with Crippen molar-refractivity contribution in [2.24, 2.45) is 0 Å². The van der Waals surface area contributed by atoms with Crippen LogP contribution >= 0.6 is 11.6 Å². The Kier molecular flexibility index (Phi) is 3.31. The minimum Gasteiger partial charge on any atom is -0.506 e. The van der Waals surface area contributed by atoms with Crippen LogP contribution in [0.4, 0.5) is 0 Å². The van der Waals surface area contributed by atoms with Crippen LogP contribution in [0.1, 0.15) is 0 Å². The molecule has 21 heavy (non-hydrogen) atoms. The summed E-state index contributed by atoms with van der Waals surface area (Å²) < 4.78 is 10.8. The number of fused-ring (bicyclic) bond motifs is 1. The second-order valence-corrected chi connectivity index (χ2v) is 4.86. The maximum atomic E-state index is 12.1. The number of phenolic OH excluding ortho intramolecular Hbond substituents is 1. The van der Waals surface area contributed by atoms with E-state index in [2.05, 4.69) is 0 Å². The first-order valence-corrected chi connectivity index (χ1v) is 6.57. The van der Waals surface area contributed by atoms with E-state index in [4.69, 9.17) is 20.8 Å². The molecule has 3 rings (SSSR count). The molecule has 0 amide bonds. The fourth-order valence-electron chi connectivity index (χ4n) is 2.07. The van der Waals surface area contributed by atoms with E-state index >= 15 is 0 Å². The van der Waals surface area contributed by atoms with E-state index in [1.54, 1.807) is 31.4 Å². The maximum absolute atomic E-state index is 12.1. The lowest BCUT2D eigenvalue weighted by molar-refractivity contribution is 0.415. The fourth-order valence-corrected chi connectivity index (χ4v) is 2.28. The van der Waals surface area contributed by atoms with Crippen LogP contribution in [0.15, 0.2) is 51.7 Å². The lowest BCUT2D eigenvalue weighted by Gasteiger charge is -2.06. The Labute approximate surface area is 125 Å². The van der Waals surface area contributed by atoms with Crippen molar-refractivity contribution in [2.75, 3.05) is 7.11 Å². The van der Waals surface area contributed by atoms with E-state index < -0.39 is 0 Å². The van der Waals surface area contributed by atoms with Gasteiger partial charge in [-0.2, -0.15) is 0 Å². The van der Waals surface area contributed by atoms with Crippen LogP contribution in [-0.2, 0) is 0 Å². The molecule has 1 heterocycles. The topological polar surface area (TPSA) is 59.7 Å². The molecule has 0 fully saturated rings. The number of aromatic hydroxyl groups is 1. The van der Waals surface area contributed by atoms with Gasteiger partial charge in [0.15, 0.2) is 11.0 Å². The summed E-state index contributed by atoms with van der Waals surface area (Å²) in [4.78, 5) is 12.1. The Bertz CT molecular complexity index is 866. The highest BCUT2D eigenvalue weighted by Crippen LogP contribution is 2.33. The van der Waals surface area contributed by atoms with Gasteiger partial charge in [0.25, 0.3) is 0 Å². The normalized spacial score (nSPS) is 10.8. The van der Waals surface area contributed by atoms with E-state index in [9.17, 15) is 9.90 Å². The molecule has 0 aliphatic heterocycles. The van der Waals surface area contributed by atoms with Gasteiger partial charge in [-0.05, 0) is 36.4 Å². The Balaban J connectivity index is 2.23. The lowest BCUT2D eigenvalue weighted by atomic mass is 10.1. The van der Waals surface area contributed by atoms with Crippen LogP contribution in [0.2, 0.25) is 5.02 Å². The lowest BCUT2D eigenvalue weighted by Crippen LogP contribution is -2.00. The number of benzene rings is 2. The zero-order valence-corrected chi connectivity index (χ0v) is 11.8. The Morgan fingerprint density at radius 3 is 2.52 bits per heavy atom. The van der Waals surface area contributed by atoms with Crippen LogP contribution in [0, 0.1) is 0 Å². The molecule has 0 radical (unpaired) electrons. The minimum absolute atomic E-state index is 0.0277. The molecule has 4 nitrogen and oxygen atoms in total. The summed E-state index contributed by atoms with van der Waals surface area (Å²) in [5.74, 6) is 0.958. The first kappa shape index (κ1) is 13.5. The average Bonchev–Trinajstić information content (AvgIpc) is 2.51. The van der Waals surface area contributed by atoms with Crippen molar-refractivity contribution in [1.82, 2.24) is 0 Å². The third-order valence-corrected chi connectivity index (χ3v) is 3.56. The summed E-state index contributed by atoms with van der Waals surface area (Å²) >= 11 is 6.00. The number of ether oxygens (including phenoxy) is 1. The first-order valence-electron chi connectivity index (χ1n) is 6.20. The van der Waals surface area contributed by atoms with Gasteiger partial charge in [-0.15, -0.1) is 0 Å². The monoisotopic (exact) mass is 302 g/mol. The highest BCUT2D eigenvalue weighted by Gasteiger charge is 2.12. The largest absolute Gasteiger partial charge is 0.506 e. The summed E-state index contributed by atoms with van der Waals surface area (Å²) in [5.41, 5.74) is 0.674. The SMILES string of the molecule is COc1ccc(-c2cc(=O)c3ccc(O)c(Cl)c3o2)cc1. The van der Waals surface area contributed by atoms with E-state index in [1.807, 2.05) is 0 Å². The molecule has 0 unspecified atom stereocenters. The highest BCUT2D eigenvalue weighted by atomic mass is 35.5. The van der Waals surface area contributed by atoms with Crippen LogP contribution in [-0.4, -0.2) is 12.2 Å². The van der Waals surface area contributed by atoms with E-state index in [-0.39, 0.29) is 21.8 Å². The zero-order chi connectivity index (χ0) is 15.0. The molecule has 0 aliphatic carbocycles. The molecular weight excluding hydrogens is 292 g/mol. The van der Waals surface area contributed by atoms with Crippen molar-refractivity contribution in [3.05, 3.63) is 57.7 Å². The van der Waals surface area contributed by atoms with Crippen LogP contribution < -0.4 is 10.2 Å². The molecule has 0 saturated carbocycles. The Morgan fingerprint density at radius 1 is 1.14 bits per heavy atom. The third-order valence-electron chi connectivity index (χ3n) is 3.19. The molecule has 5 heteroatoms. The average molecular weight is 303 g/mol. The molecule has 0 bridgehead atoms. The quantitative estimate of drug-likeness (QED) is 0.781. The van der Waals surface area contributed by atoms with Gasteiger partial charge < -0.3 is 14.3 Å². The number of hydrogen-bond donors (Lipinski definition) is 1. The predicted molar refractivity (Wildman–Crippen MR) is 81.1 cm³/mol. The molecule has 0 spiro atoms. The number of hydrogen-bond acceptors (Lipinski definition) is 4. The fraction of sp³-hybridized carbons (Fsp3) is 0.0625. The summed E-state index contributed by atoms with van der Waals surface area (Å²) in [6.45, 7) is 0. The number of phenols is 1. The van der Waals surface area contributed by atoms with Gasteiger partial charge >= 0.3 is 0 Å². The molecule has 0 aliphatic rings. The molecular formula is C16H11ClO4. The molecule has 2 aromatic carbocycles. The maximum Gasteiger partial charge on any atom is 0.193 e. The van der Waals surface area contributed by atoms with E-state index in [1.165, 1.54) is 18.2 Å². The van der Waals surface area contributed by atoms with Gasteiger partial charge in [-0.25, -0.2) is 0 Å². The van der Waals surface area contributed by atoms with Gasteiger partial charge in [-0.3, -0.25) is 4.79 Å². The zero-order valence-electron chi connectivity index (χ0n) is 11.1. The van der Waals surface area contributed by atoms with Crippen molar-refractivity contribution in [3.63, 3.8) is 0 Å². The number of methoxy groups -OCH3 is 1. The van der Waals surface area contributed by atoms with Crippen molar-refractivity contribution >= 4 is 22.6 Å². The number of rotatable bonds is 2. The third kappa shape index (κ3) is 2.34. The van der Waals surface area contributed by atoms with Crippen LogP contribution in [0.25, 0.3) is 22.3 Å². The molecule has 106 valence electrons. The van der Waals surface area contributed by atoms with Crippen molar-refractivity contribution in [1.29, 1.82) is 0 Å². The Hall–Kier alpha value is -2.46. The summed E-state index contributed by atoms with van der Waals surface area (Å²) in [6.07, 6.45) is 0. The standard InChI is InChI=1S/C16H11ClO4/c1-20-10-4-2-9(3-5-10)14-8-13(19)11-6-7-12(18)15(17)16(11)21-14/h2-8,18H,1H3. The second-order valence-electron chi connectivity index (χ2n) is 4.48. The Morgan fingerprint density at radius 2 is 1.86 bits per heavy atom. The van der Waals surface area contributed by atoms with Crippen molar-refractivity contribution < 1.29 is 14.3 Å². The summed E-state index contributed by atoms with van der Waals surface area (Å²) in [5, 5.41) is 9.98. The molecule has 1 N–H and O–H groups in total. The van der Waals surface area contributed by atoms with E-state index in [0.29, 0.717) is 22.5 Å². The first-order chi connectivity index (χ1) is 10.1. The molecule has 0 atom stereocenters. The molecule has 3 aromatic rings. The van der Waals surface area contributed by atoms with Gasteiger partial charge in [0.05, 0.1) is 12.5 Å². The van der Waals surface area contributed by atoms with Crippen molar-refractivity contribution in [3.8, 4) is 22.8 Å². The van der Waals surface area contributed by atoms with Gasteiger partial charge in [0.1, 0.15) is 22.3 Å². The highest BCUT2D eigenvalue weighted by molar-refractivity contribution is 6.36. The van der Waals surface area contributed by atoms with Gasteiger partial charge in [0.2, 0.25) is 0 Å². The molecule has 0 saturated heterocycles. The summed E-state index contributed by atoms with van der Waals surface area (Å²) in [7, 11) is 1.58.